The summed E-state index contributed by atoms with van der Waals surface area (Å²) in [4.78, 5) is 16.7. The standard InChI is InChI=1S/C22H29N3O3/c1-18-6-5-7-19(16-18)28-15-10-23-22(26)17-24-11-13-25(14-12-24)20-8-3-4-9-21(20)27-2/h3-9,16H,10-15,17H2,1-2H3,(H,23,26). The summed E-state index contributed by atoms with van der Waals surface area (Å²) in [6.45, 7) is 6.89. The Labute approximate surface area is 167 Å². The molecule has 1 heterocycles. The van der Waals surface area contributed by atoms with Crippen LogP contribution in [0.2, 0.25) is 0 Å². The van der Waals surface area contributed by atoms with Crippen molar-refractivity contribution in [3.8, 4) is 11.5 Å². The van der Waals surface area contributed by atoms with Crippen LogP contribution in [0.1, 0.15) is 5.56 Å². The molecule has 3 rings (SSSR count). The molecular formula is C22H29N3O3. The average molecular weight is 383 g/mol. The number of para-hydroxylation sites is 2. The Morgan fingerprint density at radius 1 is 1.07 bits per heavy atom. The van der Waals surface area contributed by atoms with Gasteiger partial charge in [-0.2, -0.15) is 0 Å². The van der Waals surface area contributed by atoms with Crippen LogP contribution in [0.5, 0.6) is 11.5 Å². The molecule has 0 spiro atoms. The molecule has 0 aliphatic carbocycles. The number of benzene rings is 2. The lowest BCUT2D eigenvalue weighted by Gasteiger charge is -2.36. The van der Waals surface area contributed by atoms with E-state index in [1.807, 2.05) is 49.4 Å². The molecule has 1 fully saturated rings. The number of amides is 1. The second-order valence-electron chi connectivity index (χ2n) is 6.95. The van der Waals surface area contributed by atoms with E-state index < -0.39 is 0 Å². The van der Waals surface area contributed by atoms with Crippen LogP contribution in [0.4, 0.5) is 5.69 Å². The molecule has 2 aromatic rings. The maximum atomic E-state index is 12.2. The van der Waals surface area contributed by atoms with Gasteiger partial charge >= 0.3 is 0 Å². The lowest BCUT2D eigenvalue weighted by molar-refractivity contribution is -0.122. The Hall–Kier alpha value is -2.73. The SMILES string of the molecule is COc1ccccc1N1CCN(CC(=O)NCCOc2cccc(C)c2)CC1. The van der Waals surface area contributed by atoms with Gasteiger partial charge in [-0.05, 0) is 36.8 Å². The van der Waals surface area contributed by atoms with Gasteiger partial charge in [0.15, 0.2) is 0 Å². The van der Waals surface area contributed by atoms with Gasteiger partial charge < -0.3 is 19.7 Å². The van der Waals surface area contributed by atoms with Crippen molar-refractivity contribution in [2.75, 3.05) is 57.9 Å². The highest BCUT2D eigenvalue weighted by molar-refractivity contribution is 5.78. The maximum Gasteiger partial charge on any atom is 0.234 e. The number of nitrogens with one attached hydrogen (secondary N) is 1. The summed E-state index contributed by atoms with van der Waals surface area (Å²) in [5.74, 6) is 1.77. The monoisotopic (exact) mass is 383 g/mol. The predicted molar refractivity (Wildman–Crippen MR) is 111 cm³/mol. The summed E-state index contributed by atoms with van der Waals surface area (Å²) in [5, 5.41) is 2.94. The van der Waals surface area contributed by atoms with Crippen molar-refractivity contribution in [2.45, 2.75) is 6.92 Å². The first kappa shape index (κ1) is 20.0. The van der Waals surface area contributed by atoms with Gasteiger partial charge in [0.1, 0.15) is 18.1 Å². The van der Waals surface area contributed by atoms with Gasteiger partial charge in [-0.15, -0.1) is 0 Å². The molecule has 1 aliphatic rings. The molecule has 0 aromatic heterocycles. The third-order valence-corrected chi connectivity index (χ3v) is 4.85. The van der Waals surface area contributed by atoms with Crippen molar-refractivity contribution in [3.63, 3.8) is 0 Å². The number of hydrogen-bond donors (Lipinski definition) is 1. The first-order valence-corrected chi connectivity index (χ1v) is 9.72. The van der Waals surface area contributed by atoms with E-state index in [0.29, 0.717) is 19.7 Å². The van der Waals surface area contributed by atoms with E-state index in [2.05, 4.69) is 21.2 Å². The molecule has 1 saturated heterocycles. The number of ether oxygens (including phenoxy) is 2. The number of aryl methyl sites for hydroxylation is 1. The first-order valence-electron chi connectivity index (χ1n) is 9.72. The van der Waals surface area contributed by atoms with Crippen molar-refractivity contribution < 1.29 is 14.3 Å². The second kappa shape index (κ2) is 9.99. The predicted octanol–water partition coefficient (Wildman–Crippen LogP) is 2.32. The van der Waals surface area contributed by atoms with Crippen LogP contribution in [0.3, 0.4) is 0 Å². The van der Waals surface area contributed by atoms with Gasteiger partial charge in [0.05, 0.1) is 25.9 Å². The molecule has 0 bridgehead atoms. The normalized spacial score (nSPS) is 14.6. The summed E-state index contributed by atoms with van der Waals surface area (Å²) < 4.78 is 11.1. The summed E-state index contributed by atoms with van der Waals surface area (Å²) in [6, 6.07) is 16.0. The minimum atomic E-state index is 0.0404. The van der Waals surface area contributed by atoms with Gasteiger partial charge in [0, 0.05) is 26.2 Å². The van der Waals surface area contributed by atoms with Gasteiger partial charge in [-0.3, -0.25) is 9.69 Å². The molecule has 28 heavy (non-hydrogen) atoms. The fraction of sp³-hybridized carbons (Fsp3) is 0.409. The minimum absolute atomic E-state index is 0.0404. The Bertz CT molecular complexity index is 773. The summed E-state index contributed by atoms with van der Waals surface area (Å²) in [5.41, 5.74) is 2.27. The van der Waals surface area contributed by atoms with Crippen molar-refractivity contribution in [2.24, 2.45) is 0 Å². The van der Waals surface area contributed by atoms with Crippen LogP contribution in [0.25, 0.3) is 0 Å². The first-order chi connectivity index (χ1) is 13.7. The van der Waals surface area contributed by atoms with Gasteiger partial charge in [0.2, 0.25) is 5.91 Å². The lowest BCUT2D eigenvalue weighted by Crippen LogP contribution is -2.49. The van der Waals surface area contributed by atoms with Gasteiger partial charge in [-0.1, -0.05) is 24.3 Å². The Kier molecular flexibility index (Phi) is 7.14. The summed E-state index contributed by atoms with van der Waals surface area (Å²) in [6.07, 6.45) is 0. The van der Waals surface area contributed by atoms with Crippen molar-refractivity contribution in [1.29, 1.82) is 0 Å². The number of methoxy groups -OCH3 is 1. The van der Waals surface area contributed by atoms with Crippen LogP contribution < -0.4 is 19.7 Å². The summed E-state index contributed by atoms with van der Waals surface area (Å²) >= 11 is 0. The van der Waals surface area contributed by atoms with E-state index in [-0.39, 0.29) is 5.91 Å². The molecule has 6 nitrogen and oxygen atoms in total. The average Bonchev–Trinajstić information content (AvgIpc) is 2.72. The van der Waals surface area contributed by atoms with Crippen LogP contribution in [0, 0.1) is 6.92 Å². The van der Waals surface area contributed by atoms with E-state index in [4.69, 9.17) is 9.47 Å². The van der Waals surface area contributed by atoms with E-state index in [1.54, 1.807) is 7.11 Å². The molecule has 2 aromatic carbocycles. The van der Waals surface area contributed by atoms with E-state index in [9.17, 15) is 4.79 Å². The van der Waals surface area contributed by atoms with Crippen molar-refractivity contribution in [3.05, 3.63) is 54.1 Å². The lowest BCUT2D eigenvalue weighted by atomic mass is 10.2. The molecule has 1 aliphatic heterocycles. The van der Waals surface area contributed by atoms with Crippen LogP contribution in [-0.4, -0.2) is 63.8 Å². The molecule has 0 atom stereocenters. The number of rotatable bonds is 8. The quantitative estimate of drug-likeness (QED) is 0.709. The fourth-order valence-electron chi connectivity index (χ4n) is 3.36. The highest BCUT2D eigenvalue weighted by Crippen LogP contribution is 2.28. The van der Waals surface area contributed by atoms with E-state index in [1.165, 1.54) is 0 Å². The molecule has 0 saturated carbocycles. The minimum Gasteiger partial charge on any atom is -0.495 e. The topological polar surface area (TPSA) is 54.0 Å². The second-order valence-corrected chi connectivity index (χ2v) is 6.95. The number of hydrogen-bond acceptors (Lipinski definition) is 5. The molecule has 1 amide bonds. The zero-order valence-electron chi connectivity index (χ0n) is 16.7. The fourth-order valence-corrected chi connectivity index (χ4v) is 3.36. The number of anilines is 1. The highest BCUT2D eigenvalue weighted by atomic mass is 16.5. The Morgan fingerprint density at radius 2 is 1.86 bits per heavy atom. The zero-order valence-corrected chi connectivity index (χ0v) is 16.7. The van der Waals surface area contributed by atoms with Crippen LogP contribution in [0.15, 0.2) is 48.5 Å². The number of nitrogens with zero attached hydrogens (tertiary/aromatic N) is 2. The largest absolute Gasteiger partial charge is 0.495 e. The molecule has 6 heteroatoms. The number of carbonyl (C=O) groups is 1. The molecule has 1 N–H and O–H groups in total. The smallest absolute Gasteiger partial charge is 0.234 e. The van der Waals surface area contributed by atoms with Crippen molar-refractivity contribution in [1.82, 2.24) is 10.2 Å². The zero-order chi connectivity index (χ0) is 19.8. The van der Waals surface area contributed by atoms with Crippen LogP contribution in [-0.2, 0) is 4.79 Å². The maximum absolute atomic E-state index is 12.2. The third-order valence-electron chi connectivity index (χ3n) is 4.85. The summed E-state index contributed by atoms with van der Waals surface area (Å²) in [7, 11) is 1.70. The number of carbonyl (C=O) groups excluding carboxylic acids is 1. The van der Waals surface area contributed by atoms with Gasteiger partial charge in [-0.25, -0.2) is 0 Å². The third kappa shape index (κ3) is 5.63. The number of piperazine rings is 1. The molecule has 0 radical (unpaired) electrons. The molecule has 0 unspecified atom stereocenters. The Morgan fingerprint density at radius 3 is 2.61 bits per heavy atom. The molecular weight excluding hydrogens is 354 g/mol. The molecule has 150 valence electrons. The highest BCUT2D eigenvalue weighted by Gasteiger charge is 2.20. The van der Waals surface area contributed by atoms with E-state index in [0.717, 1.165) is 48.9 Å². The van der Waals surface area contributed by atoms with Gasteiger partial charge in [0.25, 0.3) is 0 Å². The van der Waals surface area contributed by atoms with Crippen molar-refractivity contribution >= 4 is 11.6 Å². The van der Waals surface area contributed by atoms with Crippen LogP contribution >= 0.6 is 0 Å². The van der Waals surface area contributed by atoms with E-state index >= 15 is 0 Å². The Balaban J connectivity index is 1.35.